The van der Waals surface area contributed by atoms with Crippen LogP contribution in [-0.4, -0.2) is 46.8 Å². The van der Waals surface area contributed by atoms with Gasteiger partial charge in [0.1, 0.15) is 17.3 Å². The number of amides is 2. The molecule has 5 rings (SSSR count). The molecule has 0 bridgehead atoms. The first-order valence-corrected chi connectivity index (χ1v) is 11.8. The number of fused-ring (bicyclic) bond motifs is 1. The maximum atomic E-state index is 14.2. The van der Waals surface area contributed by atoms with E-state index in [1.165, 1.54) is 17.0 Å². The van der Waals surface area contributed by atoms with Crippen LogP contribution in [0.25, 0.3) is 22.0 Å². The molecule has 1 aliphatic rings. The molecule has 38 heavy (non-hydrogen) atoms. The molecule has 0 radical (unpaired) electrons. The van der Waals surface area contributed by atoms with E-state index in [1.54, 1.807) is 12.1 Å². The number of carbonyl (C=O) groups is 1. The van der Waals surface area contributed by atoms with Gasteiger partial charge in [0.25, 0.3) is 0 Å². The monoisotopic (exact) mass is 527 g/mol. The van der Waals surface area contributed by atoms with Crippen molar-refractivity contribution in [1.82, 2.24) is 15.1 Å². The number of alkyl halides is 3. The van der Waals surface area contributed by atoms with Gasteiger partial charge in [0.15, 0.2) is 5.82 Å². The van der Waals surface area contributed by atoms with Crippen LogP contribution < -0.4 is 10.2 Å². The molecule has 0 aliphatic carbocycles. The van der Waals surface area contributed by atoms with Gasteiger partial charge < -0.3 is 15.1 Å². The van der Waals surface area contributed by atoms with Crippen LogP contribution in [0.5, 0.6) is 0 Å². The average molecular weight is 527 g/mol. The third-order valence-electron chi connectivity index (χ3n) is 6.51. The van der Waals surface area contributed by atoms with E-state index in [2.05, 4.69) is 15.5 Å². The van der Waals surface area contributed by atoms with Gasteiger partial charge in [-0.05, 0) is 49.4 Å². The van der Waals surface area contributed by atoms with Crippen molar-refractivity contribution in [2.75, 3.05) is 29.9 Å². The lowest BCUT2D eigenvalue weighted by Crippen LogP contribution is -2.55. The Bertz CT molecular complexity index is 1490. The summed E-state index contributed by atoms with van der Waals surface area (Å²) in [6, 6.07) is 14.8. The number of piperazine rings is 1. The molecule has 1 aromatic heterocycles. The summed E-state index contributed by atoms with van der Waals surface area (Å²) in [5.74, 6) is -0.880. The van der Waals surface area contributed by atoms with E-state index < -0.39 is 23.6 Å². The second-order valence-electron chi connectivity index (χ2n) is 9.04. The van der Waals surface area contributed by atoms with E-state index in [-0.39, 0.29) is 30.6 Å². The number of nitrogens with zero attached hydrogens (tertiary/aromatic N) is 4. The van der Waals surface area contributed by atoms with Gasteiger partial charge in [-0.3, -0.25) is 0 Å². The maximum absolute atomic E-state index is 14.2. The van der Waals surface area contributed by atoms with Crippen molar-refractivity contribution in [3.63, 3.8) is 0 Å². The number of urea groups is 1. The number of halogens is 5. The van der Waals surface area contributed by atoms with Crippen molar-refractivity contribution < 1.29 is 26.7 Å². The van der Waals surface area contributed by atoms with Crippen LogP contribution in [0, 0.1) is 11.6 Å². The Kier molecular flexibility index (Phi) is 6.60. The number of carbonyl (C=O) groups excluding carboxylic acids is 1. The molecule has 0 spiro atoms. The lowest BCUT2D eigenvalue weighted by atomic mass is 10.0. The Morgan fingerprint density at radius 2 is 1.66 bits per heavy atom. The van der Waals surface area contributed by atoms with Crippen molar-refractivity contribution in [1.29, 1.82) is 0 Å². The van der Waals surface area contributed by atoms with E-state index in [0.29, 0.717) is 24.1 Å². The first kappa shape index (κ1) is 25.4. The summed E-state index contributed by atoms with van der Waals surface area (Å²) in [6.45, 7) is 2.85. The number of benzene rings is 3. The SMILES string of the molecule is C[C@H]1CN(C(=O)Nc2ccc(C(F)(F)F)cc2F)CCN1c1nnc(-c2ccc(F)cc2)c2ccccc12. The van der Waals surface area contributed by atoms with Crippen molar-refractivity contribution >= 4 is 28.3 Å². The largest absolute Gasteiger partial charge is 0.416 e. The van der Waals surface area contributed by atoms with Gasteiger partial charge in [0, 0.05) is 42.0 Å². The highest BCUT2D eigenvalue weighted by Crippen LogP contribution is 2.34. The molecule has 11 heteroatoms. The van der Waals surface area contributed by atoms with Crippen molar-refractivity contribution in [2.45, 2.75) is 19.1 Å². The molecule has 196 valence electrons. The molecule has 6 nitrogen and oxygen atoms in total. The Labute approximate surface area is 214 Å². The summed E-state index contributed by atoms with van der Waals surface area (Å²) in [7, 11) is 0. The summed E-state index contributed by atoms with van der Waals surface area (Å²) in [5, 5.41) is 13.0. The smallest absolute Gasteiger partial charge is 0.348 e. The molecule has 2 amide bonds. The third kappa shape index (κ3) is 4.96. The number of rotatable bonds is 3. The number of hydrogen-bond donors (Lipinski definition) is 1. The first-order chi connectivity index (χ1) is 18.1. The Morgan fingerprint density at radius 3 is 2.32 bits per heavy atom. The van der Waals surface area contributed by atoms with Crippen LogP contribution in [-0.2, 0) is 6.18 Å². The molecule has 1 atom stereocenters. The van der Waals surface area contributed by atoms with E-state index >= 15 is 0 Å². The van der Waals surface area contributed by atoms with Crippen LogP contribution in [0.1, 0.15) is 12.5 Å². The van der Waals surface area contributed by atoms with Gasteiger partial charge in [-0.15, -0.1) is 10.2 Å². The molecule has 0 saturated carbocycles. The van der Waals surface area contributed by atoms with Gasteiger partial charge >= 0.3 is 12.2 Å². The molecular weight excluding hydrogens is 505 g/mol. The highest BCUT2D eigenvalue weighted by Gasteiger charge is 2.32. The second kappa shape index (κ2) is 9.88. The van der Waals surface area contributed by atoms with Gasteiger partial charge in [-0.2, -0.15) is 13.2 Å². The predicted octanol–water partition coefficient (Wildman–Crippen LogP) is 6.34. The lowest BCUT2D eigenvalue weighted by molar-refractivity contribution is -0.137. The first-order valence-electron chi connectivity index (χ1n) is 11.8. The van der Waals surface area contributed by atoms with Crippen molar-refractivity contribution in [2.24, 2.45) is 0 Å². The number of nitrogens with one attached hydrogen (secondary N) is 1. The summed E-state index contributed by atoms with van der Waals surface area (Å²) in [5.41, 5.74) is -0.111. The molecule has 1 N–H and O–H groups in total. The molecule has 1 aliphatic heterocycles. The lowest BCUT2D eigenvalue weighted by Gasteiger charge is -2.40. The van der Waals surface area contributed by atoms with Crippen LogP contribution in [0.15, 0.2) is 66.7 Å². The van der Waals surface area contributed by atoms with Gasteiger partial charge in [0.05, 0.1) is 11.3 Å². The molecule has 3 aromatic carbocycles. The number of anilines is 2. The van der Waals surface area contributed by atoms with Crippen molar-refractivity contribution in [3.8, 4) is 11.3 Å². The van der Waals surface area contributed by atoms with Crippen LogP contribution in [0.4, 0.5) is 38.3 Å². The Balaban J connectivity index is 1.34. The Morgan fingerprint density at radius 1 is 0.947 bits per heavy atom. The Hall–Kier alpha value is -4.28. The van der Waals surface area contributed by atoms with Gasteiger partial charge in [-0.1, -0.05) is 24.3 Å². The highest BCUT2D eigenvalue weighted by molar-refractivity contribution is 6.00. The van der Waals surface area contributed by atoms with Crippen LogP contribution >= 0.6 is 0 Å². The topological polar surface area (TPSA) is 61.4 Å². The molecule has 0 unspecified atom stereocenters. The minimum absolute atomic E-state index is 0.193. The molecule has 1 fully saturated rings. The summed E-state index contributed by atoms with van der Waals surface area (Å²) < 4.78 is 66.0. The molecule has 2 heterocycles. The van der Waals surface area contributed by atoms with E-state index in [4.69, 9.17) is 0 Å². The fourth-order valence-corrected chi connectivity index (χ4v) is 4.57. The van der Waals surface area contributed by atoms with Crippen molar-refractivity contribution in [3.05, 3.63) is 83.9 Å². The molecular formula is C27H22F5N5O. The fourth-order valence-electron chi connectivity index (χ4n) is 4.57. The third-order valence-corrected chi connectivity index (χ3v) is 6.51. The standard InChI is InChI=1S/C27H22F5N5O/c1-16-15-36(26(38)33-23-11-8-18(14-22(23)29)27(30,31)32)12-13-37(16)25-21-5-3-2-4-20(21)24(34-35-25)17-6-9-19(28)10-7-17/h2-11,14,16H,12-13,15H2,1H3,(H,33,38)/t16-/m0/s1. The fraction of sp³-hybridized carbons (Fsp3) is 0.222. The van der Waals surface area contributed by atoms with Crippen LogP contribution in [0.3, 0.4) is 0 Å². The summed E-state index contributed by atoms with van der Waals surface area (Å²) in [6.07, 6.45) is -4.68. The second-order valence-corrected chi connectivity index (χ2v) is 9.04. The van der Waals surface area contributed by atoms with E-state index in [1.807, 2.05) is 36.1 Å². The van der Waals surface area contributed by atoms with Crippen LogP contribution in [0.2, 0.25) is 0 Å². The van der Waals surface area contributed by atoms with E-state index in [0.717, 1.165) is 28.5 Å². The van der Waals surface area contributed by atoms with Gasteiger partial charge in [-0.25, -0.2) is 13.6 Å². The normalized spacial score (nSPS) is 16.1. The minimum Gasteiger partial charge on any atom is -0.348 e. The molecule has 1 saturated heterocycles. The number of hydrogen-bond acceptors (Lipinski definition) is 4. The maximum Gasteiger partial charge on any atom is 0.416 e. The summed E-state index contributed by atoms with van der Waals surface area (Å²) in [4.78, 5) is 16.3. The minimum atomic E-state index is -4.68. The zero-order valence-corrected chi connectivity index (χ0v) is 20.1. The zero-order chi connectivity index (χ0) is 27.0. The number of aromatic nitrogens is 2. The zero-order valence-electron chi connectivity index (χ0n) is 20.1. The van der Waals surface area contributed by atoms with E-state index in [9.17, 15) is 26.7 Å². The summed E-state index contributed by atoms with van der Waals surface area (Å²) >= 11 is 0. The van der Waals surface area contributed by atoms with Gasteiger partial charge in [0.2, 0.25) is 0 Å². The predicted molar refractivity (Wildman–Crippen MR) is 134 cm³/mol. The average Bonchev–Trinajstić information content (AvgIpc) is 2.89. The quantitative estimate of drug-likeness (QED) is 0.316. The highest BCUT2D eigenvalue weighted by atomic mass is 19.4. The molecule has 4 aromatic rings.